The predicted octanol–water partition coefficient (Wildman–Crippen LogP) is 3.77. The Kier molecular flexibility index (Phi) is 6.08. The van der Waals surface area contributed by atoms with E-state index in [1.54, 1.807) is 6.07 Å². The van der Waals surface area contributed by atoms with Crippen molar-refractivity contribution in [1.82, 2.24) is 20.2 Å². The molecular weight excluding hydrogens is 425 g/mol. The standard InChI is InChI=1S/C21H21F3N6O2/c1-21(23,24)14-5-3-13(4-6-14)15-11-17(28-29-19(15)31-2)26-18-16(22)12-25-20(27-18)30-7-9-32-10-8-30/h3-6,11-12H,7-10H2,1-2H3,(H,25,26,27,28). The average molecular weight is 446 g/mol. The van der Waals surface area contributed by atoms with Gasteiger partial charge in [-0.15, -0.1) is 10.2 Å². The summed E-state index contributed by atoms with van der Waals surface area (Å²) in [6.07, 6.45) is 1.08. The molecule has 168 valence electrons. The number of alkyl halides is 2. The van der Waals surface area contributed by atoms with E-state index in [1.807, 2.05) is 4.90 Å². The molecule has 3 aromatic rings. The van der Waals surface area contributed by atoms with Gasteiger partial charge in [-0.2, -0.15) is 4.98 Å². The number of anilines is 3. The Morgan fingerprint density at radius 3 is 2.50 bits per heavy atom. The number of rotatable bonds is 6. The van der Waals surface area contributed by atoms with Crippen LogP contribution in [0.5, 0.6) is 5.88 Å². The summed E-state index contributed by atoms with van der Waals surface area (Å²) in [5.41, 5.74) is 0.975. The minimum atomic E-state index is -2.95. The van der Waals surface area contributed by atoms with Crippen molar-refractivity contribution >= 4 is 17.6 Å². The van der Waals surface area contributed by atoms with Crippen LogP contribution in [0.3, 0.4) is 0 Å². The molecule has 32 heavy (non-hydrogen) atoms. The van der Waals surface area contributed by atoms with Gasteiger partial charge in [0.1, 0.15) is 0 Å². The fourth-order valence-corrected chi connectivity index (χ4v) is 3.22. The van der Waals surface area contributed by atoms with Crippen molar-refractivity contribution in [2.45, 2.75) is 12.8 Å². The second kappa shape index (κ2) is 8.95. The Hall–Kier alpha value is -3.47. The first-order chi connectivity index (χ1) is 15.3. The summed E-state index contributed by atoms with van der Waals surface area (Å²) in [6.45, 7) is 3.12. The molecule has 0 radical (unpaired) electrons. The Morgan fingerprint density at radius 2 is 1.84 bits per heavy atom. The lowest BCUT2D eigenvalue weighted by Gasteiger charge is -2.26. The van der Waals surface area contributed by atoms with Crippen LogP contribution >= 0.6 is 0 Å². The summed E-state index contributed by atoms with van der Waals surface area (Å²) < 4.78 is 52.0. The highest BCUT2D eigenvalue weighted by Gasteiger charge is 2.24. The van der Waals surface area contributed by atoms with Crippen molar-refractivity contribution in [3.63, 3.8) is 0 Å². The number of halogens is 3. The van der Waals surface area contributed by atoms with E-state index in [4.69, 9.17) is 9.47 Å². The summed E-state index contributed by atoms with van der Waals surface area (Å²) >= 11 is 0. The highest BCUT2D eigenvalue weighted by atomic mass is 19.3. The van der Waals surface area contributed by atoms with Gasteiger partial charge in [0.15, 0.2) is 17.5 Å². The maximum atomic E-state index is 14.4. The van der Waals surface area contributed by atoms with Gasteiger partial charge in [0.2, 0.25) is 11.8 Å². The highest BCUT2D eigenvalue weighted by Crippen LogP contribution is 2.33. The van der Waals surface area contributed by atoms with E-state index in [1.165, 1.54) is 31.4 Å². The Bertz CT molecular complexity index is 1090. The minimum Gasteiger partial charge on any atom is -0.479 e. The zero-order valence-electron chi connectivity index (χ0n) is 17.5. The van der Waals surface area contributed by atoms with Gasteiger partial charge in [-0.25, -0.2) is 18.2 Å². The van der Waals surface area contributed by atoms with Crippen molar-refractivity contribution in [2.75, 3.05) is 43.6 Å². The van der Waals surface area contributed by atoms with Crippen molar-refractivity contribution < 1.29 is 22.6 Å². The van der Waals surface area contributed by atoms with Crippen molar-refractivity contribution in [3.8, 4) is 17.0 Å². The summed E-state index contributed by atoms with van der Waals surface area (Å²) in [7, 11) is 1.42. The molecule has 1 aliphatic heterocycles. The van der Waals surface area contributed by atoms with Gasteiger partial charge in [0.25, 0.3) is 5.92 Å². The largest absolute Gasteiger partial charge is 0.479 e. The topological polar surface area (TPSA) is 85.3 Å². The number of methoxy groups -OCH3 is 1. The van der Waals surface area contributed by atoms with Gasteiger partial charge >= 0.3 is 0 Å². The van der Waals surface area contributed by atoms with Crippen LogP contribution in [-0.2, 0) is 10.7 Å². The number of hydrogen-bond donors (Lipinski definition) is 1. The summed E-state index contributed by atoms with van der Waals surface area (Å²) in [6, 6.07) is 7.33. The Labute approximate surface area is 182 Å². The fourth-order valence-electron chi connectivity index (χ4n) is 3.22. The monoisotopic (exact) mass is 446 g/mol. The van der Waals surface area contributed by atoms with Gasteiger partial charge in [-0.1, -0.05) is 24.3 Å². The van der Waals surface area contributed by atoms with Crippen LogP contribution in [0.15, 0.2) is 36.5 Å². The van der Waals surface area contributed by atoms with Crippen LogP contribution in [0.25, 0.3) is 11.1 Å². The second-order valence-corrected chi connectivity index (χ2v) is 7.21. The van der Waals surface area contributed by atoms with Crippen LogP contribution in [0.1, 0.15) is 12.5 Å². The normalized spacial score (nSPS) is 14.3. The van der Waals surface area contributed by atoms with Gasteiger partial charge in [-0.3, -0.25) is 0 Å². The molecule has 3 heterocycles. The van der Waals surface area contributed by atoms with E-state index in [0.29, 0.717) is 43.4 Å². The van der Waals surface area contributed by atoms with E-state index >= 15 is 0 Å². The second-order valence-electron chi connectivity index (χ2n) is 7.21. The Balaban J connectivity index is 1.63. The average Bonchev–Trinajstić information content (AvgIpc) is 2.80. The number of nitrogens with one attached hydrogen (secondary N) is 1. The lowest BCUT2D eigenvalue weighted by molar-refractivity contribution is 0.0175. The molecule has 1 aliphatic rings. The number of ether oxygens (including phenoxy) is 2. The molecule has 0 spiro atoms. The molecule has 2 aromatic heterocycles. The van der Waals surface area contributed by atoms with Gasteiger partial charge in [0.05, 0.1) is 26.5 Å². The zero-order chi connectivity index (χ0) is 22.7. The molecule has 0 amide bonds. The smallest absolute Gasteiger partial charge is 0.270 e. The maximum Gasteiger partial charge on any atom is 0.270 e. The van der Waals surface area contributed by atoms with Crippen LogP contribution in [0.2, 0.25) is 0 Å². The first kappa shape index (κ1) is 21.8. The number of nitrogens with zero attached hydrogens (tertiary/aromatic N) is 5. The summed E-state index contributed by atoms with van der Waals surface area (Å²) in [5.74, 6) is -2.90. The first-order valence-electron chi connectivity index (χ1n) is 9.88. The van der Waals surface area contributed by atoms with Gasteiger partial charge < -0.3 is 19.7 Å². The van der Waals surface area contributed by atoms with Crippen LogP contribution < -0.4 is 15.0 Å². The zero-order valence-corrected chi connectivity index (χ0v) is 17.5. The maximum absolute atomic E-state index is 14.4. The molecule has 0 aliphatic carbocycles. The molecule has 0 unspecified atom stereocenters. The molecule has 0 bridgehead atoms. The van der Waals surface area contributed by atoms with Crippen molar-refractivity contribution in [1.29, 1.82) is 0 Å². The predicted molar refractivity (Wildman–Crippen MR) is 112 cm³/mol. The van der Waals surface area contributed by atoms with E-state index in [-0.39, 0.29) is 23.1 Å². The fraction of sp³-hybridized carbons (Fsp3) is 0.333. The molecule has 11 heteroatoms. The number of aromatic nitrogens is 4. The molecule has 1 saturated heterocycles. The van der Waals surface area contributed by atoms with E-state index in [9.17, 15) is 13.2 Å². The number of benzene rings is 1. The lowest BCUT2D eigenvalue weighted by atomic mass is 10.0. The number of morpholine rings is 1. The third-order valence-electron chi connectivity index (χ3n) is 4.93. The molecule has 0 atom stereocenters. The van der Waals surface area contributed by atoms with Crippen LogP contribution in [0.4, 0.5) is 30.8 Å². The minimum absolute atomic E-state index is 0.0621. The van der Waals surface area contributed by atoms with E-state index in [2.05, 4.69) is 25.5 Å². The molecule has 1 N–H and O–H groups in total. The quantitative estimate of drug-likeness (QED) is 0.613. The van der Waals surface area contributed by atoms with Gasteiger partial charge in [0, 0.05) is 31.1 Å². The van der Waals surface area contributed by atoms with Gasteiger partial charge in [-0.05, 0) is 11.6 Å². The van der Waals surface area contributed by atoms with Crippen molar-refractivity contribution in [2.24, 2.45) is 0 Å². The van der Waals surface area contributed by atoms with Crippen LogP contribution in [0, 0.1) is 5.82 Å². The summed E-state index contributed by atoms with van der Waals surface area (Å²) in [5, 5.41) is 10.8. The Morgan fingerprint density at radius 1 is 1.12 bits per heavy atom. The molecule has 1 fully saturated rings. The van der Waals surface area contributed by atoms with Crippen molar-refractivity contribution in [3.05, 3.63) is 47.9 Å². The highest BCUT2D eigenvalue weighted by molar-refractivity contribution is 5.72. The molecule has 8 nitrogen and oxygen atoms in total. The third kappa shape index (κ3) is 4.72. The van der Waals surface area contributed by atoms with Crippen LogP contribution in [-0.4, -0.2) is 53.6 Å². The SMILES string of the molecule is COc1nnc(Nc2nc(N3CCOCC3)ncc2F)cc1-c1ccc(C(C)(F)F)cc1. The summed E-state index contributed by atoms with van der Waals surface area (Å²) in [4.78, 5) is 10.2. The third-order valence-corrected chi connectivity index (χ3v) is 4.93. The van der Waals surface area contributed by atoms with E-state index < -0.39 is 11.7 Å². The molecule has 0 saturated carbocycles. The lowest BCUT2D eigenvalue weighted by Crippen LogP contribution is -2.37. The van der Waals surface area contributed by atoms with E-state index in [0.717, 1.165) is 13.1 Å². The molecular formula is C21H21F3N6O2. The molecule has 4 rings (SSSR count). The first-order valence-corrected chi connectivity index (χ1v) is 9.88. The number of hydrogen-bond acceptors (Lipinski definition) is 8. The molecule has 1 aromatic carbocycles.